The number of rotatable bonds is 9. The highest BCUT2D eigenvalue weighted by Crippen LogP contribution is 2.33. The summed E-state index contributed by atoms with van der Waals surface area (Å²) in [6, 6.07) is 12.9. The molecule has 3 aromatic heterocycles. The first-order valence-electron chi connectivity index (χ1n) is 12.8. The molecule has 0 aliphatic heterocycles. The van der Waals surface area contributed by atoms with Crippen LogP contribution in [0.2, 0.25) is 0 Å². The molecule has 1 aromatic carbocycles. The molecule has 184 valence electrons. The number of aromatic amines is 1. The van der Waals surface area contributed by atoms with Gasteiger partial charge in [-0.2, -0.15) is 0 Å². The lowest BCUT2D eigenvalue weighted by molar-refractivity contribution is 0.151. The molecule has 0 saturated heterocycles. The molecule has 0 spiro atoms. The van der Waals surface area contributed by atoms with Crippen molar-refractivity contribution >= 4 is 22.2 Å². The normalized spacial score (nSPS) is 15.7. The van der Waals surface area contributed by atoms with Crippen molar-refractivity contribution in [2.24, 2.45) is 0 Å². The van der Waals surface area contributed by atoms with E-state index in [1.54, 1.807) is 11.3 Å². The Hall–Kier alpha value is -2.84. The van der Waals surface area contributed by atoms with Crippen LogP contribution in [0.3, 0.4) is 0 Å². The van der Waals surface area contributed by atoms with Gasteiger partial charge in [0.1, 0.15) is 0 Å². The Labute approximate surface area is 210 Å². The van der Waals surface area contributed by atoms with Crippen LogP contribution >= 0.6 is 11.3 Å². The van der Waals surface area contributed by atoms with Crippen LogP contribution in [-0.2, 0) is 13.1 Å². The van der Waals surface area contributed by atoms with Gasteiger partial charge in [0.25, 0.3) is 5.56 Å². The summed E-state index contributed by atoms with van der Waals surface area (Å²) in [4.78, 5) is 19.9. The van der Waals surface area contributed by atoms with E-state index in [2.05, 4.69) is 66.7 Å². The molecule has 4 aromatic rings. The van der Waals surface area contributed by atoms with E-state index in [0.717, 1.165) is 60.1 Å². The van der Waals surface area contributed by atoms with E-state index in [1.807, 2.05) is 19.1 Å². The SMILES string of the molecule is CCCC(c1nnnn1C1CCCCC1)N(Cc1cccs1)Cc1cc2ccc(C)cc2[nH]c1=O. The standard InChI is InChI=1S/C27H34N6OS/c1-3-8-25(26-29-30-31-33(26)22-9-5-4-6-10-22)32(18-23-11-7-14-35-23)17-21-16-20-13-12-19(2)15-24(20)28-27(21)34/h7,11-16,22,25H,3-6,8-10,17-18H2,1-2H3,(H,28,34). The number of pyridine rings is 1. The molecule has 1 saturated carbocycles. The van der Waals surface area contributed by atoms with Gasteiger partial charge in [-0.3, -0.25) is 9.69 Å². The molecule has 35 heavy (non-hydrogen) atoms. The van der Waals surface area contributed by atoms with Crippen LogP contribution in [0.5, 0.6) is 0 Å². The van der Waals surface area contributed by atoms with Crippen molar-refractivity contribution in [2.75, 3.05) is 0 Å². The van der Waals surface area contributed by atoms with E-state index < -0.39 is 0 Å². The van der Waals surface area contributed by atoms with E-state index >= 15 is 0 Å². The van der Waals surface area contributed by atoms with Crippen molar-refractivity contribution < 1.29 is 0 Å². The van der Waals surface area contributed by atoms with Crippen LogP contribution in [0.1, 0.15) is 85.8 Å². The van der Waals surface area contributed by atoms with E-state index in [4.69, 9.17) is 0 Å². The van der Waals surface area contributed by atoms with E-state index in [1.165, 1.54) is 24.1 Å². The fraction of sp³-hybridized carbons (Fsp3) is 0.481. The molecule has 1 unspecified atom stereocenters. The minimum Gasteiger partial charge on any atom is -0.322 e. The molecule has 1 aliphatic rings. The first-order chi connectivity index (χ1) is 17.1. The number of thiophene rings is 1. The smallest absolute Gasteiger partial charge is 0.252 e. The van der Waals surface area contributed by atoms with Crippen molar-refractivity contribution in [3.63, 3.8) is 0 Å². The van der Waals surface area contributed by atoms with Crippen LogP contribution in [-0.4, -0.2) is 30.1 Å². The number of tetrazole rings is 1. The Morgan fingerprint density at radius 2 is 2.03 bits per heavy atom. The summed E-state index contributed by atoms with van der Waals surface area (Å²) in [6.07, 6.45) is 7.96. The minimum atomic E-state index is -0.0265. The van der Waals surface area contributed by atoms with Gasteiger partial charge in [-0.25, -0.2) is 4.68 Å². The Balaban J connectivity index is 1.52. The number of H-pyrrole nitrogens is 1. The minimum absolute atomic E-state index is 0.0265. The van der Waals surface area contributed by atoms with E-state index in [0.29, 0.717) is 12.6 Å². The zero-order chi connectivity index (χ0) is 24.2. The van der Waals surface area contributed by atoms with Crippen molar-refractivity contribution in [3.05, 3.63) is 74.0 Å². The largest absolute Gasteiger partial charge is 0.322 e. The lowest BCUT2D eigenvalue weighted by Crippen LogP contribution is -2.33. The van der Waals surface area contributed by atoms with Crippen molar-refractivity contribution in [1.29, 1.82) is 0 Å². The monoisotopic (exact) mass is 490 g/mol. The lowest BCUT2D eigenvalue weighted by atomic mass is 9.95. The van der Waals surface area contributed by atoms with Gasteiger partial charge in [0.05, 0.1) is 12.1 Å². The van der Waals surface area contributed by atoms with Gasteiger partial charge >= 0.3 is 0 Å². The number of hydrogen-bond donors (Lipinski definition) is 1. The molecular formula is C27H34N6OS. The van der Waals surface area contributed by atoms with Gasteiger partial charge in [-0.1, -0.05) is 50.8 Å². The average Bonchev–Trinajstić information content (AvgIpc) is 3.56. The molecule has 1 N–H and O–H groups in total. The number of nitrogens with one attached hydrogen (secondary N) is 1. The Bertz CT molecular complexity index is 1300. The summed E-state index contributed by atoms with van der Waals surface area (Å²) >= 11 is 1.75. The van der Waals surface area contributed by atoms with E-state index in [9.17, 15) is 4.79 Å². The highest BCUT2D eigenvalue weighted by molar-refractivity contribution is 7.09. The van der Waals surface area contributed by atoms with Crippen LogP contribution in [0.25, 0.3) is 10.9 Å². The fourth-order valence-corrected chi connectivity index (χ4v) is 6.06. The molecular weight excluding hydrogens is 456 g/mol. The Morgan fingerprint density at radius 1 is 1.17 bits per heavy atom. The molecule has 7 nitrogen and oxygen atoms in total. The number of aryl methyl sites for hydroxylation is 1. The molecule has 5 rings (SSSR count). The molecule has 1 aliphatic carbocycles. The fourth-order valence-electron chi connectivity index (χ4n) is 5.33. The number of hydrogen-bond acceptors (Lipinski definition) is 6. The molecule has 0 radical (unpaired) electrons. The third kappa shape index (κ3) is 5.38. The summed E-state index contributed by atoms with van der Waals surface area (Å²) in [5, 5.41) is 16.3. The highest BCUT2D eigenvalue weighted by atomic mass is 32.1. The number of benzene rings is 1. The maximum absolute atomic E-state index is 13.1. The molecule has 0 bridgehead atoms. The Morgan fingerprint density at radius 3 is 2.80 bits per heavy atom. The molecule has 1 fully saturated rings. The Kier molecular flexibility index (Phi) is 7.39. The average molecular weight is 491 g/mol. The van der Waals surface area contributed by atoms with Gasteiger partial charge < -0.3 is 4.98 Å². The second-order valence-corrected chi connectivity index (χ2v) is 10.8. The van der Waals surface area contributed by atoms with Crippen LogP contribution < -0.4 is 5.56 Å². The first kappa shape index (κ1) is 23.9. The molecule has 0 amide bonds. The van der Waals surface area contributed by atoms with Gasteiger partial charge in [0, 0.05) is 29.0 Å². The summed E-state index contributed by atoms with van der Waals surface area (Å²) in [7, 11) is 0. The number of aromatic nitrogens is 5. The van der Waals surface area contributed by atoms with Gasteiger partial charge in [0.2, 0.25) is 0 Å². The zero-order valence-electron chi connectivity index (χ0n) is 20.6. The van der Waals surface area contributed by atoms with Crippen LogP contribution in [0, 0.1) is 6.92 Å². The van der Waals surface area contributed by atoms with Gasteiger partial charge in [-0.05, 0) is 71.1 Å². The zero-order valence-corrected chi connectivity index (χ0v) is 21.4. The second-order valence-electron chi connectivity index (χ2n) is 9.78. The van der Waals surface area contributed by atoms with Crippen LogP contribution in [0.15, 0.2) is 46.6 Å². The summed E-state index contributed by atoms with van der Waals surface area (Å²) in [5.41, 5.74) is 2.77. The maximum atomic E-state index is 13.1. The second kappa shape index (κ2) is 10.8. The van der Waals surface area contributed by atoms with E-state index in [-0.39, 0.29) is 11.6 Å². The quantitative estimate of drug-likeness (QED) is 0.314. The number of nitrogens with zero attached hydrogens (tertiary/aromatic N) is 5. The third-order valence-electron chi connectivity index (χ3n) is 7.13. The molecule has 3 heterocycles. The topological polar surface area (TPSA) is 79.7 Å². The summed E-state index contributed by atoms with van der Waals surface area (Å²) in [6.45, 7) is 5.54. The van der Waals surface area contributed by atoms with Crippen molar-refractivity contribution in [3.8, 4) is 0 Å². The summed E-state index contributed by atoms with van der Waals surface area (Å²) < 4.78 is 2.09. The maximum Gasteiger partial charge on any atom is 0.252 e. The number of fused-ring (bicyclic) bond motifs is 1. The molecule has 1 atom stereocenters. The van der Waals surface area contributed by atoms with Gasteiger partial charge in [0.15, 0.2) is 5.82 Å². The molecule has 8 heteroatoms. The predicted molar refractivity (Wildman–Crippen MR) is 140 cm³/mol. The van der Waals surface area contributed by atoms with Gasteiger partial charge in [-0.15, -0.1) is 16.4 Å². The third-order valence-corrected chi connectivity index (χ3v) is 7.99. The predicted octanol–water partition coefficient (Wildman–Crippen LogP) is 5.93. The highest BCUT2D eigenvalue weighted by Gasteiger charge is 2.30. The lowest BCUT2D eigenvalue weighted by Gasteiger charge is -2.32. The van der Waals surface area contributed by atoms with Crippen molar-refractivity contribution in [2.45, 2.75) is 84.0 Å². The van der Waals surface area contributed by atoms with Crippen LogP contribution in [0.4, 0.5) is 0 Å². The first-order valence-corrected chi connectivity index (χ1v) is 13.7. The summed E-state index contributed by atoms with van der Waals surface area (Å²) in [5.74, 6) is 0.933. The van der Waals surface area contributed by atoms with Crippen molar-refractivity contribution in [1.82, 2.24) is 30.1 Å².